The molecule has 2 amide bonds. The molecule has 10 heteroatoms. The molecule has 0 aromatic heterocycles. The van der Waals surface area contributed by atoms with Crippen LogP contribution in [0.2, 0.25) is 0 Å². The number of amides is 2. The Labute approximate surface area is 177 Å². The number of nitrogens with zero attached hydrogens (tertiary/aromatic N) is 2. The molecule has 0 unspecified atom stereocenters. The zero-order chi connectivity index (χ0) is 20.8. The predicted octanol–water partition coefficient (Wildman–Crippen LogP) is 1.60. The SMILES string of the molecule is O=C(O)CCN1C(=O)/C(=C/c2ccccc2OCC(=O)N2CCOCC2)SC1=S. The first-order chi connectivity index (χ1) is 14.0. The molecule has 1 aromatic rings. The summed E-state index contributed by atoms with van der Waals surface area (Å²) in [5.74, 6) is -0.972. The number of hydrogen-bond acceptors (Lipinski definition) is 7. The number of ether oxygens (including phenoxy) is 2. The van der Waals surface area contributed by atoms with Crippen LogP contribution in [-0.4, -0.2) is 76.5 Å². The maximum absolute atomic E-state index is 12.6. The van der Waals surface area contributed by atoms with Crippen molar-refractivity contribution in [2.24, 2.45) is 0 Å². The van der Waals surface area contributed by atoms with E-state index in [1.165, 1.54) is 4.90 Å². The first kappa shape index (κ1) is 21.3. The van der Waals surface area contributed by atoms with Gasteiger partial charge in [-0.05, 0) is 12.1 Å². The monoisotopic (exact) mass is 436 g/mol. The average molecular weight is 437 g/mol. The van der Waals surface area contributed by atoms with Gasteiger partial charge in [-0.15, -0.1) is 0 Å². The molecule has 0 spiro atoms. The highest BCUT2D eigenvalue weighted by atomic mass is 32.2. The van der Waals surface area contributed by atoms with E-state index in [-0.39, 0.29) is 31.4 Å². The molecule has 1 N–H and O–H groups in total. The first-order valence-corrected chi connectivity index (χ1v) is 10.2. The lowest BCUT2D eigenvalue weighted by atomic mass is 10.2. The third-order valence-electron chi connectivity index (χ3n) is 4.34. The predicted molar refractivity (Wildman–Crippen MR) is 111 cm³/mol. The summed E-state index contributed by atoms with van der Waals surface area (Å²) in [6.07, 6.45) is 1.47. The van der Waals surface area contributed by atoms with Crippen molar-refractivity contribution < 1.29 is 29.0 Å². The summed E-state index contributed by atoms with van der Waals surface area (Å²) in [6, 6.07) is 7.08. The van der Waals surface area contributed by atoms with Gasteiger partial charge in [0.05, 0.1) is 24.5 Å². The lowest BCUT2D eigenvalue weighted by Crippen LogP contribution is -2.43. The van der Waals surface area contributed by atoms with Gasteiger partial charge in [-0.3, -0.25) is 19.3 Å². The Hall–Kier alpha value is -2.43. The number of rotatable bonds is 7. The van der Waals surface area contributed by atoms with Crippen molar-refractivity contribution in [3.05, 3.63) is 34.7 Å². The Bertz CT molecular complexity index is 851. The number of thiocarbonyl (C=S) groups is 1. The van der Waals surface area contributed by atoms with E-state index in [1.807, 2.05) is 0 Å². The van der Waals surface area contributed by atoms with Crippen LogP contribution in [0.4, 0.5) is 0 Å². The molecule has 0 radical (unpaired) electrons. The molecule has 2 aliphatic rings. The normalized spacial score (nSPS) is 18.4. The Morgan fingerprint density at radius 2 is 2.00 bits per heavy atom. The van der Waals surface area contributed by atoms with Crippen molar-refractivity contribution in [2.45, 2.75) is 6.42 Å². The zero-order valence-corrected chi connectivity index (χ0v) is 17.2. The number of hydrogen-bond donors (Lipinski definition) is 1. The smallest absolute Gasteiger partial charge is 0.305 e. The van der Waals surface area contributed by atoms with Gasteiger partial charge in [0.1, 0.15) is 10.1 Å². The van der Waals surface area contributed by atoms with Gasteiger partial charge in [-0.1, -0.05) is 42.2 Å². The Morgan fingerprint density at radius 3 is 2.72 bits per heavy atom. The summed E-state index contributed by atoms with van der Waals surface area (Å²) in [5, 5.41) is 8.82. The maximum atomic E-state index is 12.6. The summed E-state index contributed by atoms with van der Waals surface area (Å²) in [4.78, 5) is 39.0. The summed E-state index contributed by atoms with van der Waals surface area (Å²) in [7, 11) is 0. The first-order valence-electron chi connectivity index (χ1n) is 9.00. The van der Waals surface area contributed by atoms with Gasteiger partial charge in [0, 0.05) is 25.2 Å². The Balaban J connectivity index is 1.68. The van der Waals surface area contributed by atoms with Gasteiger partial charge < -0.3 is 19.5 Å². The summed E-state index contributed by atoms with van der Waals surface area (Å²) in [5.41, 5.74) is 0.640. The topological polar surface area (TPSA) is 96.4 Å². The van der Waals surface area contributed by atoms with Gasteiger partial charge in [0.15, 0.2) is 6.61 Å². The minimum atomic E-state index is -0.994. The molecule has 2 aliphatic heterocycles. The van der Waals surface area contributed by atoms with Crippen molar-refractivity contribution in [2.75, 3.05) is 39.5 Å². The van der Waals surface area contributed by atoms with Crippen LogP contribution >= 0.6 is 24.0 Å². The van der Waals surface area contributed by atoms with Crippen molar-refractivity contribution in [3.8, 4) is 5.75 Å². The van der Waals surface area contributed by atoms with Crippen LogP contribution in [0.5, 0.6) is 5.75 Å². The molecular weight excluding hydrogens is 416 g/mol. The van der Waals surface area contributed by atoms with Gasteiger partial charge in [-0.25, -0.2) is 0 Å². The fraction of sp³-hybridized carbons (Fsp3) is 0.368. The lowest BCUT2D eigenvalue weighted by molar-refractivity contribution is -0.138. The van der Waals surface area contributed by atoms with Crippen LogP contribution in [0.1, 0.15) is 12.0 Å². The van der Waals surface area contributed by atoms with Crippen LogP contribution in [-0.2, 0) is 19.1 Å². The van der Waals surface area contributed by atoms with Crippen molar-refractivity contribution in [1.82, 2.24) is 9.80 Å². The van der Waals surface area contributed by atoms with Gasteiger partial charge >= 0.3 is 5.97 Å². The maximum Gasteiger partial charge on any atom is 0.305 e. The van der Waals surface area contributed by atoms with Crippen LogP contribution < -0.4 is 4.74 Å². The molecule has 1 aromatic carbocycles. The fourth-order valence-corrected chi connectivity index (χ4v) is 4.12. The van der Waals surface area contributed by atoms with Crippen LogP contribution in [0, 0.1) is 0 Å². The van der Waals surface area contributed by atoms with E-state index in [9.17, 15) is 14.4 Å². The molecule has 0 bridgehead atoms. The number of carboxylic acid groups (broad SMARTS) is 1. The Morgan fingerprint density at radius 1 is 1.28 bits per heavy atom. The number of para-hydroxylation sites is 1. The van der Waals surface area contributed by atoms with E-state index < -0.39 is 5.97 Å². The Kier molecular flexibility index (Phi) is 7.24. The van der Waals surface area contributed by atoms with Crippen molar-refractivity contribution in [1.29, 1.82) is 0 Å². The number of aliphatic carboxylic acids is 1. The second kappa shape index (κ2) is 9.86. The van der Waals surface area contributed by atoms with E-state index in [1.54, 1.807) is 35.2 Å². The van der Waals surface area contributed by atoms with E-state index in [2.05, 4.69) is 0 Å². The highest BCUT2D eigenvalue weighted by molar-refractivity contribution is 8.26. The number of carbonyl (C=O) groups excluding carboxylic acids is 2. The highest BCUT2D eigenvalue weighted by Crippen LogP contribution is 2.34. The summed E-state index contributed by atoms with van der Waals surface area (Å²) >= 11 is 6.31. The third kappa shape index (κ3) is 5.55. The molecule has 2 fully saturated rings. The minimum Gasteiger partial charge on any atom is -0.483 e. The van der Waals surface area contributed by atoms with E-state index >= 15 is 0 Å². The number of morpholine rings is 1. The largest absolute Gasteiger partial charge is 0.483 e. The highest BCUT2D eigenvalue weighted by Gasteiger charge is 2.32. The standard InChI is InChI=1S/C19H20N2O6S2/c22-16(20-7-9-26-10-8-20)12-27-14-4-2-1-3-13(14)11-15-18(25)21(19(28)29-15)6-5-17(23)24/h1-4,11H,5-10,12H2,(H,23,24)/b15-11-. The average Bonchev–Trinajstić information content (AvgIpc) is 2.98. The molecular formula is C19H20N2O6S2. The van der Waals surface area contributed by atoms with Gasteiger partial charge in [0.25, 0.3) is 11.8 Å². The van der Waals surface area contributed by atoms with Crippen molar-refractivity contribution >= 4 is 52.2 Å². The molecule has 0 atom stereocenters. The van der Waals surface area contributed by atoms with Crippen LogP contribution in [0.25, 0.3) is 6.08 Å². The molecule has 0 saturated carbocycles. The second-order valence-corrected chi connectivity index (χ2v) is 7.97. The van der Waals surface area contributed by atoms with Gasteiger partial charge in [0.2, 0.25) is 0 Å². The van der Waals surface area contributed by atoms with E-state index in [4.69, 9.17) is 26.8 Å². The van der Waals surface area contributed by atoms with Crippen LogP contribution in [0.15, 0.2) is 29.2 Å². The number of thioether (sulfide) groups is 1. The fourth-order valence-electron chi connectivity index (χ4n) is 2.82. The zero-order valence-electron chi connectivity index (χ0n) is 15.5. The third-order valence-corrected chi connectivity index (χ3v) is 5.72. The van der Waals surface area contributed by atoms with Crippen molar-refractivity contribution in [3.63, 3.8) is 0 Å². The number of benzene rings is 1. The minimum absolute atomic E-state index is 0.0313. The molecule has 8 nitrogen and oxygen atoms in total. The molecule has 2 saturated heterocycles. The lowest BCUT2D eigenvalue weighted by Gasteiger charge is -2.26. The van der Waals surface area contributed by atoms with Gasteiger partial charge in [-0.2, -0.15) is 0 Å². The number of carboxylic acids is 1. The second-order valence-electron chi connectivity index (χ2n) is 6.30. The van der Waals surface area contributed by atoms with E-state index in [0.29, 0.717) is 46.8 Å². The molecule has 154 valence electrons. The van der Waals surface area contributed by atoms with E-state index in [0.717, 1.165) is 11.8 Å². The summed E-state index contributed by atoms with van der Waals surface area (Å²) < 4.78 is 11.3. The molecule has 0 aliphatic carbocycles. The quantitative estimate of drug-likeness (QED) is 0.509. The summed E-state index contributed by atoms with van der Waals surface area (Å²) in [6.45, 7) is 2.05. The molecule has 2 heterocycles. The number of carbonyl (C=O) groups is 3. The molecule has 3 rings (SSSR count). The van der Waals surface area contributed by atoms with Crippen LogP contribution in [0.3, 0.4) is 0 Å². The molecule has 29 heavy (non-hydrogen) atoms.